The highest BCUT2D eigenvalue weighted by Crippen LogP contribution is 2.35. The van der Waals surface area contributed by atoms with Gasteiger partial charge in [0, 0.05) is 11.1 Å². The zero-order valence-electron chi connectivity index (χ0n) is 16.8. The van der Waals surface area contributed by atoms with Gasteiger partial charge in [-0.1, -0.05) is 24.3 Å². The smallest absolute Gasteiger partial charge is 0.363 e. The highest BCUT2D eigenvalue weighted by Gasteiger charge is 2.25. The molecule has 162 valence electrons. The Morgan fingerprint density at radius 1 is 1.09 bits per heavy atom. The Bertz CT molecular complexity index is 1260. The number of hydrogen-bond acceptors (Lipinski definition) is 5. The lowest BCUT2D eigenvalue weighted by molar-refractivity contribution is -0.129. The summed E-state index contributed by atoms with van der Waals surface area (Å²) in [5.74, 6) is -0.541. The van der Waals surface area contributed by atoms with E-state index in [9.17, 15) is 13.6 Å². The number of benzene rings is 3. The minimum atomic E-state index is -0.641. The van der Waals surface area contributed by atoms with Crippen LogP contribution in [-0.2, 0) is 16.1 Å². The molecule has 0 bridgehead atoms. The third-order valence-electron chi connectivity index (χ3n) is 4.58. The standard InChI is InChI=1S/C24H16F2INO4/c1-30-21-11-14(9-19(27)22(21)31-13-16-5-2-3-8-18(16)26)10-20-24(29)32-23(28-20)15-6-4-7-17(25)12-15/h2-12H,13H2,1H3/b20-10-. The maximum Gasteiger partial charge on any atom is 0.363 e. The van der Waals surface area contributed by atoms with Gasteiger partial charge in [0.2, 0.25) is 5.90 Å². The van der Waals surface area contributed by atoms with Crippen LogP contribution in [0.4, 0.5) is 8.78 Å². The van der Waals surface area contributed by atoms with Crippen LogP contribution < -0.4 is 9.47 Å². The number of ether oxygens (including phenoxy) is 3. The van der Waals surface area contributed by atoms with Crippen molar-refractivity contribution in [3.05, 3.63) is 98.3 Å². The van der Waals surface area contributed by atoms with Gasteiger partial charge in [-0.05, 0) is 70.6 Å². The molecule has 0 N–H and O–H groups in total. The van der Waals surface area contributed by atoms with Crippen molar-refractivity contribution in [3.8, 4) is 11.5 Å². The summed E-state index contributed by atoms with van der Waals surface area (Å²) in [6, 6.07) is 15.5. The van der Waals surface area contributed by atoms with E-state index < -0.39 is 11.8 Å². The SMILES string of the molecule is COc1cc(/C=C2\N=C(c3cccc(F)c3)OC2=O)cc(I)c1OCc1ccccc1F. The Hall–Kier alpha value is -3.27. The van der Waals surface area contributed by atoms with E-state index in [0.29, 0.717) is 31.8 Å². The van der Waals surface area contributed by atoms with Crippen LogP contribution in [0.15, 0.2) is 71.4 Å². The molecule has 0 aliphatic carbocycles. The lowest BCUT2D eigenvalue weighted by Crippen LogP contribution is -2.05. The second kappa shape index (κ2) is 9.47. The minimum absolute atomic E-state index is 0.0345. The zero-order valence-corrected chi connectivity index (χ0v) is 18.9. The van der Waals surface area contributed by atoms with E-state index in [4.69, 9.17) is 14.2 Å². The first kappa shape index (κ1) is 21.9. The summed E-state index contributed by atoms with van der Waals surface area (Å²) in [6.45, 7) is 0.0348. The Morgan fingerprint density at radius 3 is 2.66 bits per heavy atom. The lowest BCUT2D eigenvalue weighted by atomic mass is 10.1. The fourth-order valence-corrected chi connectivity index (χ4v) is 3.82. The molecule has 0 unspecified atom stereocenters. The van der Waals surface area contributed by atoms with E-state index in [1.165, 1.54) is 31.4 Å². The third-order valence-corrected chi connectivity index (χ3v) is 5.38. The fraction of sp³-hybridized carbons (Fsp3) is 0.0833. The molecule has 0 atom stereocenters. The van der Waals surface area contributed by atoms with Crippen molar-refractivity contribution in [1.82, 2.24) is 0 Å². The van der Waals surface area contributed by atoms with Crippen LogP contribution in [0, 0.1) is 15.2 Å². The molecular formula is C24H16F2INO4. The molecule has 3 aromatic carbocycles. The van der Waals surface area contributed by atoms with Crippen LogP contribution in [-0.4, -0.2) is 19.0 Å². The highest BCUT2D eigenvalue weighted by atomic mass is 127. The van der Waals surface area contributed by atoms with Crippen LogP contribution in [0.1, 0.15) is 16.7 Å². The van der Waals surface area contributed by atoms with E-state index in [2.05, 4.69) is 27.6 Å². The molecule has 1 aliphatic heterocycles. The third kappa shape index (κ3) is 4.80. The summed E-state index contributed by atoms with van der Waals surface area (Å²) in [6.07, 6.45) is 1.54. The van der Waals surface area contributed by atoms with E-state index in [1.807, 2.05) is 0 Å². The van der Waals surface area contributed by atoms with E-state index in [0.717, 1.165) is 0 Å². The quantitative estimate of drug-likeness (QED) is 0.233. The van der Waals surface area contributed by atoms with Crippen LogP contribution >= 0.6 is 22.6 Å². The average molecular weight is 547 g/mol. The van der Waals surface area contributed by atoms with Crippen molar-refractivity contribution in [2.24, 2.45) is 4.99 Å². The predicted molar refractivity (Wildman–Crippen MR) is 123 cm³/mol. The first-order chi connectivity index (χ1) is 15.4. The van der Waals surface area contributed by atoms with E-state index in [1.54, 1.807) is 42.5 Å². The molecule has 0 fully saturated rings. The maximum absolute atomic E-state index is 13.9. The van der Waals surface area contributed by atoms with E-state index >= 15 is 0 Å². The van der Waals surface area contributed by atoms with Crippen LogP contribution in [0.5, 0.6) is 11.5 Å². The summed E-state index contributed by atoms with van der Waals surface area (Å²) >= 11 is 2.07. The number of aliphatic imine (C=N–C) groups is 1. The molecule has 0 saturated heterocycles. The number of nitrogens with zero attached hydrogens (tertiary/aromatic N) is 1. The number of methoxy groups -OCH3 is 1. The monoisotopic (exact) mass is 547 g/mol. The Labute approximate surface area is 196 Å². The van der Waals surface area contributed by atoms with Crippen molar-refractivity contribution in [2.75, 3.05) is 7.11 Å². The van der Waals surface area contributed by atoms with Gasteiger partial charge < -0.3 is 14.2 Å². The van der Waals surface area contributed by atoms with Crippen molar-refractivity contribution >= 4 is 40.5 Å². The molecule has 0 amide bonds. The van der Waals surface area contributed by atoms with Gasteiger partial charge in [0.05, 0.1) is 10.7 Å². The Morgan fingerprint density at radius 2 is 1.91 bits per heavy atom. The summed E-state index contributed by atoms with van der Waals surface area (Å²) in [5.41, 5.74) is 1.48. The first-order valence-corrected chi connectivity index (χ1v) is 10.5. The van der Waals surface area contributed by atoms with E-state index in [-0.39, 0.29) is 24.0 Å². The average Bonchev–Trinajstić information content (AvgIpc) is 3.14. The van der Waals surface area contributed by atoms with Crippen molar-refractivity contribution in [3.63, 3.8) is 0 Å². The molecule has 5 nitrogen and oxygen atoms in total. The molecule has 3 aromatic rings. The number of carbonyl (C=O) groups excluding carboxylic acids is 1. The number of carbonyl (C=O) groups is 1. The van der Waals surface area contributed by atoms with Gasteiger partial charge in [0.1, 0.15) is 18.2 Å². The molecule has 4 rings (SSSR count). The minimum Gasteiger partial charge on any atom is -0.493 e. The Kier molecular flexibility index (Phi) is 6.50. The number of rotatable bonds is 6. The van der Waals surface area contributed by atoms with Crippen molar-refractivity contribution < 1.29 is 27.8 Å². The van der Waals surface area contributed by atoms with Gasteiger partial charge in [-0.3, -0.25) is 0 Å². The largest absolute Gasteiger partial charge is 0.493 e. The number of esters is 1. The lowest BCUT2D eigenvalue weighted by Gasteiger charge is -2.14. The van der Waals surface area contributed by atoms with Crippen molar-refractivity contribution in [1.29, 1.82) is 0 Å². The molecule has 0 spiro atoms. The summed E-state index contributed by atoms with van der Waals surface area (Å²) < 4.78 is 44.5. The van der Waals surface area contributed by atoms with Crippen LogP contribution in [0.3, 0.4) is 0 Å². The normalized spacial score (nSPS) is 14.3. The Balaban J connectivity index is 1.60. The molecule has 1 aliphatic rings. The summed E-state index contributed by atoms with van der Waals surface area (Å²) in [5, 5.41) is 0. The molecule has 1 heterocycles. The summed E-state index contributed by atoms with van der Waals surface area (Å²) in [7, 11) is 1.49. The molecule has 0 radical (unpaired) electrons. The zero-order chi connectivity index (χ0) is 22.7. The molecule has 0 saturated carbocycles. The van der Waals surface area contributed by atoms with Crippen LogP contribution in [0.25, 0.3) is 6.08 Å². The topological polar surface area (TPSA) is 57.1 Å². The molecule has 8 heteroatoms. The van der Waals surface area contributed by atoms with Gasteiger partial charge in [0.15, 0.2) is 17.2 Å². The second-order valence-electron chi connectivity index (χ2n) is 6.76. The van der Waals surface area contributed by atoms with Gasteiger partial charge in [-0.25, -0.2) is 18.6 Å². The number of cyclic esters (lactones) is 1. The first-order valence-electron chi connectivity index (χ1n) is 9.47. The summed E-state index contributed by atoms with van der Waals surface area (Å²) in [4.78, 5) is 16.4. The molecule has 0 aromatic heterocycles. The fourth-order valence-electron chi connectivity index (χ4n) is 3.04. The highest BCUT2D eigenvalue weighted by molar-refractivity contribution is 14.1. The van der Waals surface area contributed by atoms with Crippen LogP contribution in [0.2, 0.25) is 0 Å². The predicted octanol–water partition coefficient (Wildman–Crippen LogP) is 5.50. The van der Waals surface area contributed by atoms with Crippen molar-refractivity contribution in [2.45, 2.75) is 6.61 Å². The molecular weight excluding hydrogens is 531 g/mol. The van der Waals surface area contributed by atoms with Gasteiger partial charge in [0.25, 0.3) is 0 Å². The van der Waals surface area contributed by atoms with Gasteiger partial charge in [-0.2, -0.15) is 0 Å². The molecule has 32 heavy (non-hydrogen) atoms. The van der Waals surface area contributed by atoms with Gasteiger partial charge in [-0.15, -0.1) is 0 Å². The number of hydrogen-bond donors (Lipinski definition) is 0. The van der Waals surface area contributed by atoms with Gasteiger partial charge >= 0.3 is 5.97 Å². The maximum atomic E-state index is 13.9. The second-order valence-corrected chi connectivity index (χ2v) is 7.92. The number of halogens is 3.